The highest BCUT2D eigenvalue weighted by atomic mass is 32.2. The molecule has 0 aliphatic rings. The van der Waals surface area contributed by atoms with E-state index in [9.17, 15) is 4.79 Å². The Labute approximate surface area is 202 Å². The first-order chi connectivity index (χ1) is 16.7. The average molecular weight is 463 g/mol. The number of carboxylic acid groups (broad SMARTS) is 1. The standard InChI is InChI=1S/C29H22N2O2S/c32-26(33)20-34-25-18-10-17-24(19-25)31-29(23-15-8-3-9-16-23)27(21-11-4-1-5-12-21)28(30-31)22-13-6-2-7-14-22/h1-19H,20H2,(H,32,33). The van der Waals surface area contributed by atoms with Crippen LogP contribution >= 0.6 is 11.8 Å². The number of hydrogen-bond donors (Lipinski definition) is 1. The second kappa shape index (κ2) is 9.81. The Hall–Kier alpha value is -4.09. The Balaban J connectivity index is 1.78. The molecule has 0 radical (unpaired) electrons. The number of carbonyl (C=O) groups is 1. The van der Waals surface area contributed by atoms with Gasteiger partial charge in [-0.25, -0.2) is 4.68 Å². The van der Waals surface area contributed by atoms with Gasteiger partial charge in [0.15, 0.2) is 0 Å². The highest BCUT2D eigenvalue weighted by molar-refractivity contribution is 8.00. The largest absolute Gasteiger partial charge is 0.481 e. The molecule has 5 aromatic rings. The quantitative estimate of drug-likeness (QED) is 0.263. The van der Waals surface area contributed by atoms with E-state index < -0.39 is 5.97 Å². The normalized spacial score (nSPS) is 10.8. The average Bonchev–Trinajstić information content (AvgIpc) is 3.30. The Morgan fingerprint density at radius 2 is 1.32 bits per heavy atom. The highest BCUT2D eigenvalue weighted by Gasteiger charge is 2.23. The van der Waals surface area contributed by atoms with Crippen molar-refractivity contribution in [1.82, 2.24) is 9.78 Å². The van der Waals surface area contributed by atoms with Crippen molar-refractivity contribution in [3.8, 4) is 39.3 Å². The van der Waals surface area contributed by atoms with Crippen LogP contribution in [0.2, 0.25) is 0 Å². The van der Waals surface area contributed by atoms with Crippen molar-refractivity contribution in [1.29, 1.82) is 0 Å². The van der Waals surface area contributed by atoms with E-state index in [0.29, 0.717) is 0 Å². The third kappa shape index (κ3) is 4.51. The molecule has 0 saturated heterocycles. The van der Waals surface area contributed by atoms with Crippen molar-refractivity contribution in [3.63, 3.8) is 0 Å². The Morgan fingerprint density at radius 1 is 0.735 bits per heavy atom. The van der Waals surface area contributed by atoms with E-state index in [0.717, 1.165) is 44.2 Å². The van der Waals surface area contributed by atoms with Gasteiger partial charge in [0.25, 0.3) is 0 Å². The fourth-order valence-corrected chi connectivity index (χ4v) is 4.66. The summed E-state index contributed by atoms with van der Waals surface area (Å²) in [6.45, 7) is 0. The minimum Gasteiger partial charge on any atom is -0.481 e. The van der Waals surface area contributed by atoms with Crippen molar-refractivity contribution in [2.75, 3.05) is 5.75 Å². The molecule has 1 aromatic heterocycles. The van der Waals surface area contributed by atoms with Crippen LogP contribution in [-0.2, 0) is 4.79 Å². The molecule has 5 rings (SSSR count). The maximum atomic E-state index is 11.1. The molecular weight excluding hydrogens is 440 g/mol. The molecule has 0 unspecified atom stereocenters. The Kier molecular flexibility index (Phi) is 6.27. The maximum absolute atomic E-state index is 11.1. The van der Waals surface area contributed by atoms with Crippen molar-refractivity contribution >= 4 is 17.7 Å². The number of nitrogens with zero attached hydrogens (tertiary/aromatic N) is 2. The number of benzene rings is 4. The molecule has 0 atom stereocenters. The first-order valence-corrected chi connectivity index (χ1v) is 11.9. The van der Waals surface area contributed by atoms with Crippen LogP contribution in [0.25, 0.3) is 39.3 Å². The van der Waals surface area contributed by atoms with E-state index in [1.54, 1.807) is 0 Å². The van der Waals surface area contributed by atoms with Gasteiger partial charge in [-0.2, -0.15) is 5.10 Å². The zero-order valence-electron chi connectivity index (χ0n) is 18.3. The SMILES string of the molecule is O=C(O)CSc1cccc(-n2nc(-c3ccccc3)c(-c3ccccc3)c2-c2ccccc2)c1. The molecule has 34 heavy (non-hydrogen) atoms. The lowest BCUT2D eigenvalue weighted by atomic mass is 9.96. The number of hydrogen-bond acceptors (Lipinski definition) is 3. The van der Waals surface area contributed by atoms with Gasteiger partial charge in [0.1, 0.15) is 5.69 Å². The van der Waals surface area contributed by atoms with Crippen molar-refractivity contribution in [3.05, 3.63) is 115 Å². The topological polar surface area (TPSA) is 55.1 Å². The molecule has 4 aromatic carbocycles. The monoisotopic (exact) mass is 462 g/mol. The third-order valence-corrected chi connectivity index (χ3v) is 6.45. The Morgan fingerprint density at radius 3 is 1.94 bits per heavy atom. The van der Waals surface area contributed by atoms with Gasteiger partial charge in [-0.3, -0.25) is 4.79 Å². The van der Waals surface area contributed by atoms with E-state index in [1.165, 1.54) is 11.8 Å². The fraction of sp³-hybridized carbons (Fsp3) is 0.0345. The minimum absolute atomic E-state index is 0.0125. The summed E-state index contributed by atoms with van der Waals surface area (Å²) >= 11 is 1.30. The number of aromatic nitrogens is 2. The molecule has 0 spiro atoms. The van der Waals surface area contributed by atoms with Gasteiger partial charge in [0, 0.05) is 21.6 Å². The molecular formula is C29H22N2O2S. The van der Waals surface area contributed by atoms with Crippen molar-refractivity contribution in [2.45, 2.75) is 4.90 Å². The van der Waals surface area contributed by atoms with Gasteiger partial charge in [0.05, 0.1) is 17.1 Å². The van der Waals surface area contributed by atoms with Crippen LogP contribution in [0.3, 0.4) is 0 Å². The highest BCUT2D eigenvalue weighted by Crippen LogP contribution is 2.41. The molecule has 0 saturated carbocycles. The number of aliphatic carboxylic acids is 1. The van der Waals surface area contributed by atoms with E-state index in [4.69, 9.17) is 10.2 Å². The molecule has 1 N–H and O–H groups in total. The van der Waals surface area contributed by atoms with Gasteiger partial charge in [-0.1, -0.05) is 97.1 Å². The molecule has 0 bridgehead atoms. The number of thioether (sulfide) groups is 1. The fourth-order valence-electron chi connectivity index (χ4n) is 3.99. The van der Waals surface area contributed by atoms with Crippen LogP contribution in [0, 0.1) is 0 Å². The zero-order valence-corrected chi connectivity index (χ0v) is 19.2. The lowest BCUT2D eigenvalue weighted by molar-refractivity contribution is -0.133. The van der Waals surface area contributed by atoms with E-state index in [-0.39, 0.29) is 5.75 Å². The Bertz CT molecular complexity index is 1420. The minimum atomic E-state index is -0.836. The molecule has 4 nitrogen and oxygen atoms in total. The second-order valence-corrected chi connectivity index (χ2v) is 8.81. The second-order valence-electron chi connectivity index (χ2n) is 7.76. The summed E-state index contributed by atoms with van der Waals surface area (Å²) in [7, 11) is 0. The van der Waals surface area contributed by atoms with Crippen molar-refractivity contribution in [2.24, 2.45) is 0 Å². The maximum Gasteiger partial charge on any atom is 0.313 e. The lowest BCUT2D eigenvalue weighted by Crippen LogP contribution is -2.01. The first kappa shape index (κ1) is 21.7. The lowest BCUT2D eigenvalue weighted by Gasteiger charge is -2.12. The van der Waals surface area contributed by atoms with Crippen LogP contribution in [0.4, 0.5) is 0 Å². The molecule has 0 amide bonds. The predicted octanol–water partition coefficient (Wildman–Crippen LogP) is 7.05. The summed E-state index contributed by atoms with van der Waals surface area (Å²) < 4.78 is 1.98. The molecule has 0 aliphatic heterocycles. The molecule has 5 heteroatoms. The van der Waals surface area contributed by atoms with Gasteiger partial charge < -0.3 is 5.11 Å². The van der Waals surface area contributed by atoms with Gasteiger partial charge in [-0.05, 0) is 23.8 Å². The summed E-state index contributed by atoms with van der Waals surface area (Å²) in [4.78, 5) is 12.0. The summed E-state index contributed by atoms with van der Waals surface area (Å²) in [5.74, 6) is -0.823. The molecule has 166 valence electrons. The number of rotatable bonds is 7. The summed E-state index contributed by atoms with van der Waals surface area (Å²) in [5, 5.41) is 14.2. The summed E-state index contributed by atoms with van der Waals surface area (Å²) in [6.07, 6.45) is 0. The van der Waals surface area contributed by atoms with E-state index in [1.807, 2.05) is 83.5 Å². The van der Waals surface area contributed by atoms with Gasteiger partial charge >= 0.3 is 5.97 Å². The van der Waals surface area contributed by atoms with Crippen LogP contribution in [-0.4, -0.2) is 26.6 Å². The summed E-state index contributed by atoms with van der Waals surface area (Å²) in [5.41, 5.74) is 7.01. The first-order valence-electron chi connectivity index (χ1n) is 10.9. The van der Waals surface area contributed by atoms with Crippen molar-refractivity contribution < 1.29 is 9.90 Å². The predicted molar refractivity (Wildman–Crippen MR) is 138 cm³/mol. The molecule has 0 fully saturated rings. The van der Waals surface area contributed by atoms with Crippen LogP contribution in [0.1, 0.15) is 0 Å². The molecule has 0 aliphatic carbocycles. The van der Waals surface area contributed by atoms with Crippen LogP contribution < -0.4 is 0 Å². The van der Waals surface area contributed by atoms with E-state index >= 15 is 0 Å². The van der Waals surface area contributed by atoms with Gasteiger partial charge in [0.2, 0.25) is 0 Å². The van der Waals surface area contributed by atoms with Gasteiger partial charge in [-0.15, -0.1) is 11.8 Å². The molecule has 1 heterocycles. The smallest absolute Gasteiger partial charge is 0.313 e. The van der Waals surface area contributed by atoms with Crippen LogP contribution in [0.15, 0.2) is 120 Å². The zero-order chi connectivity index (χ0) is 23.3. The van der Waals surface area contributed by atoms with Crippen LogP contribution in [0.5, 0.6) is 0 Å². The van der Waals surface area contributed by atoms with E-state index in [2.05, 4.69) is 36.4 Å². The summed E-state index contributed by atoms with van der Waals surface area (Å²) in [6, 6.07) is 38.7. The third-order valence-electron chi connectivity index (χ3n) is 5.47. The number of carboxylic acids is 1.